The molecule has 136 valence electrons. The first kappa shape index (κ1) is 19.3. The molecule has 0 saturated carbocycles. The Morgan fingerprint density at radius 3 is 2.75 bits per heavy atom. The van der Waals surface area contributed by atoms with Crippen LogP contribution in [0.1, 0.15) is 31.2 Å². The van der Waals surface area contributed by atoms with Gasteiger partial charge in [0, 0.05) is 26.2 Å². The van der Waals surface area contributed by atoms with Gasteiger partial charge in [-0.2, -0.15) is 12.7 Å². The van der Waals surface area contributed by atoms with Crippen LogP contribution in [-0.4, -0.2) is 62.1 Å². The quantitative estimate of drug-likeness (QED) is 0.653. The number of likely N-dealkylation sites (tertiary alicyclic amines) is 1. The van der Waals surface area contributed by atoms with Crippen molar-refractivity contribution >= 4 is 10.2 Å². The molecule has 1 saturated heterocycles. The monoisotopic (exact) mass is 355 g/mol. The predicted octanol–water partition coefficient (Wildman–Crippen LogP) is 1.19. The van der Waals surface area contributed by atoms with Gasteiger partial charge < -0.3 is 5.11 Å². The van der Waals surface area contributed by atoms with Crippen molar-refractivity contribution in [2.24, 2.45) is 0 Å². The summed E-state index contributed by atoms with van der Waals surface area (Å²) in [6.07, 6.45) is 4.09. The molecule has 0 aromatic heterocycles. The van der Waals surface area contributed by atoms with Gasteiger partial charge in [-0.1, -0.05) is 36.8 Å². The number of nitrogens with one attached hydrogen (secondary N) is 1. The molecule has 1 aromatic rings. The Bertz CT molecular complexity index is 580. The summed E-state index contributed by atoms with van der Waals surface area (Å²) in [7, 11) is -1.88. The predicted molar refractivity (Wildman–Crippen MR) is 95.7 cm³/mol. The maximum atomic E-state index is 12.3. The summed E-state index contributed by atoms with van der Waals surface area (Å²) in [5.74, 6) is 0. The van der Waals surface area contributed by atoms with Gasteiger partial charge in [-0.05, 0) is 37.9 Å². The summed E-state index contributed by atoms with van der Waals surface area (Å²) in [5.41, 5.74) is 0.962. The Balaban J connectivity index is 1.74. The summed E-state index contributed by atoms with van der Waals surface area (Å²) in [6, 6.07) is 9.78. The summed E-state index contributed by atoms with van der Waals surface area (Å²) in [6.45, 7) is 2.76. The van der Waals surface area contributed by atoms with Gasteiger partial charge in [0.2, 0.25) is 0 Å². The Morgan fingerprint density at radius 2 is 2.04 bits per heavy atom. The van der Waals surface area contributed by atoms with Crippen molar-refractivity contribution in [1.82, 2.24) is 13.9 Å². The second kappa shape index (κ2) is 9.48. The SMILES string of the molecule is CN(Cc1ccccc1)S(=O)(=O)NCCCN1CCCCC1CO. The first-order valence-electron chi connectivity index (χ1n) is 8.62. The molecule has 1 aliphatic heterocycles. The van der Waals surface area contributed by atoms with E-state index < -0.39 is 10.2 Å². The van der Waals surface area contributed by atoms with Gasteiger partial charge in [-0.25, -0.2) is 4.72 Å². The highest BCUT2D eigenvalue weighted by molar-refractivity contribution is 7.87. The molecule has 2 N–H and O–H groups in total. The van der Waals surface area contributed by atoms with Crippen molar-refractivity contribution in [2.45, 2.75) is 38.3 Å². The van der Waals surface area contributed by atoms with Crippen molar-refractivity contribution in [2.75, 3.05) is 33.3 Å². The summed E-state index contributed by atoms with van der Waals surface area (Å²) in [4.78, 5) is 2.27. The van der Waals surface area contributed by atoms with Crippen molar-refractivity contribution in [3.8, 4) is 0 Å². The third-order valence-electron chi connectivity index (χ3n) is 4.52. The smallest absolute Gasteiger partial charge is 0.279 e. The second-order valence-electron chi connectivity index (χ2n) is 6.36. The fourth-order valence-corrected chi connectivity index (χ4v) is 4.02. The van der Waals surface area contributed by atoms with Gasteiger partial charge in [-0.15, -0.1) is 0 Å². The molecular weight excluding hydrogens is 326 g/mol. The van der Waals surface area contributed by atoms with E-state index in [0.29, 0.717) is 13.1 Å². The van der Waals surface area contributed by atoms with Crippen LogP contribution >= 0.6 is 0 Å². The summed E-state index contributed by atoms with van der Waals surface area (Å²) < 4.78 is 28.5. The van der Waals surface area contributed by atoms with E-state index in [1.165, 1.54) is 10.7 Å². The average molecular weight is 356 g/mol. The Kier molecular flexibility index (Phi) is 7.64. The van der Waals surface area contributed by atoms with E-state index in [4.69, 9.17) is 0 Å². The molecule has 0 spiro atoms. The Labute approximate surface area is 145 Å². The van der Waals surface area contributed by atoms with Crippen LogP contribution < -0.4 is 4.72 Å². The van der Waals surface area contributed by atoms with E-state index in [2.05, 4.69) is 9.62 Å². The van der Waals surface area contributed by atoms with Gasteiger partial charge in [0.1, 0.15) is 0 Å². The number of hydrogen-bond donors (Lipinski definition) is 2. The number of aliphatic hydroxyl groups is 1. The number of rotatable bonds is 9. The molecule has 1 atom stereocenters. The fraction of sp³-hybridized carbons (Fsp3) is 0.647. The van der Waals surface area contributed by atoms with E-state index in [9.17, 15) is 13.5 Å². The highest BCUT2D eigenvalue weighted by atomic mass is 32.2. The van der Waals surface area contributed by atoms with E-state index in [0.717, 1.165) is 37.9 Å². The van der Waals surface area contributed by atoms with Crippen LogP contribution in [0.5, 0.6) is 0 Å². The van der Waals surface area contributed by atoms with Crippen LogP contribution in [0.25, 0.3) is 0 Å². The molecule has 7 heteroatoms. The van der Waals surface area contributed by atoms with Crippen LogP contribution in [-0.2, 0) is 16.8 Å². The van der Waals surface area contributed by atoms with Crippen molar-refractivity contribution in [1.29, 1.82) is 0 Å². The van der Waals surface area contributed by atoms with Gasteiger partial charge >= 0.3 is 0 Å². The molecule has 0 radical (unpaired) electrons. The standard InChI is InChI=1S/C17H29N3O3S/c1-19(14-16-8-3-2-4-9-16)24(22,23)18-11-7-13-20-12-6-5-10-17(20)15-21/h2-4,8-9,17-18,21H,5-7,10-15H2,1H3. The second-order valence-corrected chi connectivity index (χ2v) is 8.22. The largest absolute Gasteiger partial charge is 0.395 e. The minimum Gasteiger partial charge on any atom is -0.395 e. The first-order valence-corrected chi connectivity index (χ1v) is 10.1. The zero-order valence-electron chi connectivity index (χ0n) is 14.4. The lowest BCUT2D eigenvalue weighted by molar-refractivity contribution is 0.0896. The molecule has 24 heavy (non-hydrogen) atoms. The van der Waals surface area contributed by atoms with E-state index in [1.807, 2.05) is 30.3 Å². The molecule has 0 bridgehead atoms. The topological polar surface area (TPSA) is 72.9 Å². The average Bonchev–Trinajstić information content (AvgIpc) is 2.60. The molecule has 1 fully saturated rings. The van der Waals surface area contributed by atoms with Crippen LogP contribution in [0, 0.1) is 0 Å². The molecule has 0 amide bonds. The summed E-state index contributed by atoms with van der Waals surface area (Å²) in [5, 5.41) is 9.40. The molecule has 1 aliphatic rings. The third kappa shape index (κ3) is 5.82. The van der Waals surface area contributed by atoms with Crippen LogP contribution in [0.3, 0.4) is 0 Å². The normalized spacial score (nSPS) is 19.7. The van der Waals surface area contributed by atoms with E-state index >= 15 is 0 Å². The van der Waals surface area contributed by atoms with Crippen LogP contribution in [0.4, 0.5) is 0 Å². The molecule has 1 heterocycles. The number of hydrogen-bond acceptors (Lipinski definition) is 4. The maximum Gasteiger partial charge on any atom is 0.279 e. The number of aliphatic hydroxyl groups excluding tert-OH is 1. The van der Waals surface area contributed by atoms with Crippen LogP contribution in [0.15, 0.2) is 30.3 Å². The summed E-state index contributed by atoms with van der Waals surface area (Å²) >= 11 is 0. The minimum atomic E-state index is -3.47. The minimum absolute atomic E-state index is 0.186. The highest BCUT2D eigenvalue weighted by Crippen LogP contribution is 2.16. The lowest BCUT2D eigenvalue weighted by atomic mass is 10.0. The van der Waals surface area contributed by atoms with Gasteiger partial charge in [0.05, 0.1) is 6.61 Å². The van der Waals surface area contributed by atoms with Crippen molar-refractivity contribution in [3.63, 3.8) is 0 Å². The van der Waals surface area contributed by atoms with Crippen molar-refractivity contribution in [3.05, 3.63) is 35.9 Å². The lowest BCUT2D eigenvalue weighted by Crippen LogP contribution is -2.43. The molecule has 1 aromatic carbocycles. The molecular formula is C17H29N3O3S. The molecule has 0 aliphatic carbocycles. The lowest BCUT2D eigenvalue weighted by Gasteiger charge is -2.34. The number of benzene rings is 1. The molecule has 1 unspecified atom stereocenters. The maximum absolute atomic E-state index is 12.3. The van der Waals surface area contributed by atoms with Gasteiger partial charge in [0.25, 0.3) is 10.2 Å². The Morgan fingerprint density at radius 1 is 1.29 bits per heavy atom. The third-order valence-corrected chi connectivity index (χ3v) is 6.04. The van der Waals surface area contributed by atoms with Crippen LogP contribution in [0.2, 0.25) is 0 Å². The highest BCUT2D eigenvalue weighted by Gasteiger charge is 2.21. The Hall–Kier alpha value is -0.990. The van der Waals surface area contributed by atoms with Gasteiger partial charge in [0.15, 0.2) is 0 Å². The van der Waals surface area contributed by atoms with Crippen molar-refractivity contribution < 1.29 is 13.5 Å². The fourth-order valence-electron chi connectivity index (χ4n) is 3.08. The molecule has 2 rings (SSSR count). The zero-order valence-corrected chi connectivity index (χ0v) is 15.2. The van der Waals surface area contributed by atoms with Gasteiger partial charge in [-0.3, -0.25) is 4.90 Å². The number of piperidine rings is 1. The van der Waals surface area contributed by atoms with E-state index in [-0.39, 0.29) is 12.6 Å². The first-order chi connectivity index (χ1) is 11.5. The zero-order chi connectivity index (χ0) is 17.4. The molecule has 6 nitrogen and oxygen atoms in total. The number of nitrogens with zero attached hydrogens (tertiary/aromatic N) is 2. The van der Waals surface area contributed by atoms with E-state index in [1.54, 1.807) is 7.05 Å².